The van der Waals surface area contributed by atoms with Gasteiger partial charge in [-0.2, -0.15) is 10.5 Å². The van der Waals surface area contributed by atoms with Crippen LogP contribution in [0, 0.1) is 22.7 Å². The van der Waals surface area contributed by atoms with E-state index in [0.717, 1.165) is 5.69 Å². The molecule has 3 N–H and O–H groups in total. The van der Waals surface area contributed by atoms with Crippen LogP contribution < -0.4 is 16.0 Å². The summed E-state index contributed by atoms with van der Waals surface area (Å²) >= 11 is 0. The molecule has 0 saturated heterocycles. The fourth-order valence-electron chi connectivity index (χ4n) is 2.00. The number of nitrogens with one attached hydrogen (secondary N) is 1. The van der Waals surface area contributed by atoms with Gasteiger partial charge in [0.25, 0.3) is 0 Å². The van der Waals surface area contributed by atoms with Crippen molar-refractivity contribution in [2.75, 3.05) is 29.0 Å². The third-order valence-corrected chi connectivity index (χ3v) is 3.09. The van der Waals surface area contributed by atoms with E-state index >= 15 is 0 Å². The zero-order valence-electron chi connectivity index (χ0n) is 12.5. The van der Waals surface area contributed by atoms with Crippen LogP contribution in [0.5, 0.6) is 0 Å². The lowest BCUT2D eigenvalue weighted by Crippen LogP contribution is -2.27. The summed E-state index contributed by atoms with van der Waals surface area (Å²) in [5.74, 6) is 0.988. The average Bonchev–Trinajstić information content (AvgIpc) is 2.58. The van der Waals surface area contributed by atoms with Crippen molar-refractivity contribution in [1.82, 2.24) is 15.0 Å². The Hall–Kier alpha value is -3.39. The largest absolute Gasteiger partial charge is 0.393 e. The van der Waals surface area contributed by atoms with E-state index in [4.69, 9.17) is 16.3 Å². The number of nitrogens with two attached hydrogens (primary N) is 1. The minimum atomic E-state index is 0.321. The van der Waals surface area contributed by atoms with Crippen LogP contribution in [0.1, 0.15) is 12.8 Å². The Bertz CT molecular complexity index is 698. The smallest absolute Gasteiger partial charge is 0.159 e. The lowest BCUT2D eigenvalue weighted by atomic mass is 10.3. The number of pyridine rings is 1. The zero-order chi connectivity index (χ0) is 16.5. The van der Waals surface area contributed by atoms with Gasteiger partial charge in [0.15, 0.2) is 11.6 Å². The summed E-state index contributed by atoms with van der Waals surface area (Å²) in [6, 6.07) is 7.77. The van der Waals surface area contributed by atoms with Crippen LogP contribution in [0.25, 0.3) is 0 Å². The van der Waals surface area contributed by atoms with E-state index in [1.54, 1.807) is 24.5 Å². The molecule has 116 valence electrons. The van der Waals surface area contributed by atoms with Crippen LogP contribution >= 0.6 is 0 Å². The van der Waals surface area contributed by atoms with E-state index in [1.165, 1.54) is 6.33 Å². The first-order chi connectivity index (χ1) is 11.3. The number of nitriles is 2. The highest BCUT2D eigenvalue weighted by Crippen LogP contribution is 2.28. The highest BCUT2D eigenvalue weighted by atomic mass is 15.2. The lowest BCUT2D eigenvalue weighted by Gasteiger charge is -2.23. The van der Waals surface area contributed by atoms with E-state index in [-0.39, 0.29) is 0 Å². The number of hydrogen-bond donors (Lipinski definition) is 2. The van der Waals surface area contributed by atoms with Crippen molar-refractivity contribution in [3.63, 3.8) is 0 Å². The molecule has 0 fully saturated rings. The normalized spacial score (nSPS) is 9.65. The molecule has 2 aromatic heterocycles. The van der Waals surface area contributed by atoms with Gasteiger partial charge in [-0.1, -0.05) is 0 Å². The van der Waals surface area contributed by atoms with Crippen LogP contribution in [0.15, 0.2) is 30.9 Å². The van der Waals surface area contributed by atoms with Crippen LogP contribution in [-0.4, -0.2) is 28.0 Å². The quantitative estimate of drug-likeness (QED) is 0.792. The van der Waals surface area contributed by atoms with Gasteiger partial charge in [0, 0.05) is 31.2 Å². The van der Waals surface area contributed by atoms with Gasteiger partial charge in [-0.3, -0.25) is 4.98 Å². The molecule has 0 radical (unpaired) electrons. The first kappa shape index (κ1) is 16.0. The van der Waals surface area contributed by atoms with Crippen LogP contribution in [0.3, 0.4) is 0 Å². The molecule has 2 heterocycles. The molecule has 2 aromatic rings. The van der Waals surface area contributed by atoms with Gasteiger partial charge >= 0.3 is 0 Å². The minimum absolute atomic E-state index is 0.321. The van der Waals surface area contributed by atoms with Gasteiger partial charge in [-0.15, -0.1) is 0 Å². The molecule has 23 heavy (non-hydrogen) atoms. The van der Waals surface area contributed by atoms with Crippen LogP contribution in [0.4, 0.5) is 23.0 Å². The predicted molar refractivity (Wildman–Crippen MR) is 86.6 cm³/mol. The van der Waals surface area contributed by atoms with E-state index in [9.17, 15) is 0 Å². The monoisotopic (exact) mass is 308 g/mol. The van der Waals surface area contributed by atoms with Gasteiger partial charge in [-0.25, -0.2) is 9.97 Å². The Morgan fingerprint density at radius 2 is 1.74 bits per heavy atom. The molecule has 0 unspecified atom stereocenters. The molecule has 0 aliphatic carbocycles. The first-order valence-electron chi connectivity index (χ1n) is 7.02. The highest BCUT2D eigenvalue weighted by molar-refractivity contribution is 5.78. The lowest BCUT2D eigenvalue weighted by molar-refractivity contribution is 0.782. The van der Waals surface area contributed by atoms with Crippen LogP contribution in [0.2, 0.25) is 0 Å². The standard InChI is InChI=1S/C15H16N8/c16-5-1-9-23(10-2-6-17)15-13(18)14(20-11-21-15)22-12-3-7-19-8-4-12/h3-4,7-8,11H,1-2,9-10,18H2,(H,19,20,21,22). The SMILES string of the molecule is N#CCCN(CCC#N)c1ncnc(Nc2ccncc2)c1N. The van der Waals surface area contributed by atoms with E-state index in [0.29, 0.717) is 43.3 Å². The topological polar surface area (TPSA) is 128 Å². The molecule has 0 aliphatic rings. The number of hydrogen-bond acceptors (Lipinski definition) is 8. The van der Waals surface area contributed by atoms with Gasteiger partial charge in [0.2, 0.25) is 0 Å². The number of aromatic nitrogens is 3. The van der Waals surface area contributed by atoms with Crippen molar-refractivity contribution in [1.29, 1.82) is 10.5 Å². The van der Waals surface area contributed by atoms with Crippen molar-refractivity contribution >= 4 is 23.0 Å². The second-order valence-corrected chi connectivity index (χ2v) is 4.62. The van der Waals surface area contributed by atoms with E-state index < -0.39 is 0 Å². The third-order valence-electron chi connectivity index (χ3n) is 3.09. The third kappa shape index (κ3) is 4.29. The molecule has 8 nitrogen and oxygen atoms in total. The molecule has 0 atom stereocenters. The molecule has 2 rings (SSSR count). The van der Waals surface area contributed by atoms with E-state index in [1.807, 2.05) is 4.90 Å². The second-order valence-electron chi connectivity index (χ2n) is 4.62. The molecule has 0 aromatic carbocycles. The maximum atomic E-state index is 8.78. The summed E-state index contributed by atoms with van der Waals surface area (Å²) in [6.45, 7) is 0.905. The van der Waals surface area contributed by atoms with Gasteiger partial charge < -0.3 is 16.0 Å². The predicted octanol–water partition coefficient (Wildman–Crippen LogP) is 1.83. The molecule has 0 aliphatic heterocycles. The van der Waals surface area contributed by atoms with Crippen LogP contribution in [-0.2, 0) is 0 Å². The molecule has 8 heteroatoms. The summed E-state index contributed by atoms with van der Waals surface area (Å²) in [4.78, 5) is 14.1. The summed E-state index contributed by atoms with van der Waals surface area (Å²) in [5, 5.41) is 20.7. The molecule has 0 spiro atoms. The fraction of sp³-hybridized carbons (Fsp3) is 0.267. The maximum Gasteiger partial charge on any atom is 0.159 e. The van der Waals surface area contributed by atoms with Gasteiger partial charge in [0.1, 0.15) is 12.0 Å². The number of nitrogens with zero attached hydrogens (tertiary/aromatic N) is 6. The Labute approximate surface area is 134 Å². The Kier molecular flexibility index (Phi) is 5.67. The van der Waals surface area contributed by atoms with Gasteiger partial charge in [-0.05, 0) is 12.1 Å². The summed E-state index contributed by atoms with van der Waals surface area (Å²) in [7, 11) is 0. The minimum Gasteiger partial charge on any atom is -0.393 e. The van der Waals surface area contributed by atoms with Crippen molar-refractivity contribution in [2.24, 2.45) is 0 Å². The summed E-state index contributed by atoms with van der Waals surface area (Å²) in [5.41, 5.74) is 7.34. The zero-order valence-corrected chi connectivity index (χ0v) is 12.5. The highest BCUT2D eigenvalue weighted by Gasteiger charge is 2.15. The molecule has 0 bridgehead atoms. The van der Waals surface area contributed by atoms with E-state index in [2.05, 4.69) is 32.4 Å². The maximum absolute atomic E-state index is 8.78. The Morgan fingerprint density at radius 3 is 2.35 bits per heavy atom. The molecular weight excluding hydrogens is 292 g/mol. The number of anilines is 4. The molecule has 0 saturated carbocycles. The Balaban J connectivity index is 2.25. The molecule has 0 amide bonds. The first-order valence-corrected chi connectivity index (χ1v) is 7.02. The van der Waals surface area contributed by atoms with Gasteiger partial charge in [0.05, 0.1) is 25.0 Å². The summed E-state index contributed by atoms with van der Waals surface area (Å²) in [6.07, 6.45) is 5.37. The van der Waals surface area contributed by atoms with Crippen molar-refractivity contribution in [3.8, 4) is 12.1 Å². The number of rotatable bonds is 7. The summed E-state index contributed by atoms with van der Waals surface area (Å²) < 4.78 is 0. The van der Waals surface area contributed by atoms with Crippen molar-refractivity contribution in [2.45, 2.75) is 12.8 Å². The average molecular weight is 308 g/mol. The molecular formula is C15H16N8. The van der Waals surface area contributed by atoms with Crippen molar-refractivity contribution in [3.05, 3.63) is 30.9 Å². The second kappa shape index (κ2) is 8.15. The van der Waals surface area contributed by atoms with Crippen molar-refractivity contribution < 1.29 is 0 Å². The number of nitrogen functional groups attached to an aromatic ring is 1. The fourth-order valence-corrected chi connectivity index (χ4v) is 2.00. The Morgan fingerprint density at radius 1 is 1.09 bits per heavy atom.